The lowest BCUT2D eigenvalue weighted by atomic mass is 10.1. The molecule has 4 rings (SSSR count). The fourth-order valence-corrected chi connectivity index (χ4v) is 3.99. The number of hydrogen-bond donors (Lipinski definition) is 0. The van der Waals surface area contributed by atoms with Gasteiger partial charge in [-0.1, -0.05) is 6.07 Å². The lowest BCUT2D eigenvalue weighted by Crippen LogP contribution is -2.40. The quantitative estimate of drug-likeness (QED) is 0.439. The van der Waals surface area contributed by atoms with Crippen molar-refractivity contribution in [2.24, 2.45) is 7.05 Å². The number of aryl methyl sites for hydroxylation is 3. The highest BCUT2D eigenvalue weighted by atomic mass is 32.1. The van der Waals surface area contributed by atoms with E-state index in [1.165, 1.54) is 29.0 Å². The molecule has 0 aliphatic carbocycles. The average Bonchev–Trinajstić information content (AvgIpc) is 3.39. The van der Waals surface area contributed by atoms with Crippen LogP contribution in [-0.2, 0) is 18.3 Å². The van der Waals surface area contributed by atoms with Crippen molar-refractivity contribution in [2.75, 3.05) is 6.61 Å². The minimum Gasteiger partial charge on any atom is -0.462 e. The average molecular weight is 440 g/mol. The Kier molecular flexibility index (Phi) is 5.32. The standard InChI is InChI=1S/C21H20N4O5S/c1-5-29-20(27)13-9-11(2)22-17-16(13)19(26)25(21(28)24(17)4)10-14-12(3)30-18(23-14)15-7-6-8-31-15/h6-9H,5,10H2,1-4H3. The summed E-state index contributed by atoms with van der Waals surface area (Å²) in [5, 5.41) is 1.94. The molecule has 0 aliphatic heterocycles. The molecule has 0 aliphatic rings. The first kappa shape index (κ1) is 20.7. The van der Waals surface area contributed by atoms with Crippen LogP contribution in [-0.4, -0.2) is 31.7 Å². The van der Waals surface area contributed by atoms with Crippen LogP contribution >= 0.6 is 11.3 Å². The van der Waals surface area contributed by atoms with Gasteiger partial charge in [-0.3, -0.25) is 13.9 Å². The summed E-state index contributed by atoms with van der Waals surface area (Å²) in [6.45, 7) is 5.15. The fourth-order valence-electron chi connectivity index (χ4n) is 3.34. The van der Waals surface area contributed by atoms with E-state index in [2.05, 4.69) is 9.97 Å². The molecular weight excluding hydrogens is 420 g/mol. The van der Waals surface area contributed by atoms with Gasteiger partial charge in [0.15, 0.2) is 0 Å². The van der Waals surface area contributed by atoms with Crippen molar-refractivity contribution in [1.29, 1.82) is 0 Å². The van der Waals surface area contributed by atoms with Crippen LogP contribution in [0.15, 0.2) is 37.6 Å². The first-order chi connectivity index (χ1) is 14.8. The number of ether oxygens (including phenoxy) is 1. The molecule has 0 spiro atoms. The highest BCUT2D eigenvalue weighted by molar-refractivity contribution is 7.13. The van der Waals surface area contributed by atoms with Crippen LogP contribution in [0.5, 0.6) is 0 Å². The van der Waals surface area contributed by atoms with Gasteiger partial charge in [0, 0.05) is 12.7 Å². The van der Waals surface area contributed by atoms with Gasteiger partial charge in [-0.05, 0) is 38.3 Å². The number of oxazole rings is 1. The van der Waals surface area contributed by atoms with E-state index in [4.69, 9.17) is 9.15 Å². The maximum atomic E-state index is 13.3. The molecule has 4 heterocycles. The third-order valence-electron chi connectivity index (χ3n) is 4.85. The smallest absolute Gasteiger partial charge is 0.339 e. The Morgan fingerprint density at radius 3 is 2.71 bits per heavy atom. The predicted molar refractivity (Wildman–Crippen MR) is 116 cm³/mol. The molecule has 0 atom stereocenters. The summed E-state index contributed by atoms with van der Waals surface area (Å²) in [6.07, 6.45) is 0. The summed E-state index contributed by atoms with van der Waals surface area (Å²) in [6, 6.07) is 5.25. The summed E-state index contributed by atoms with van der Waals surface area (Å²) >= 11 is 1.48. The Morgan fingerprint density at radius 1 is 1.26 bits per heavy atom. The molecule has 31 heavy (non-hydrogen) atoms. The molecule has 0 N–H and O–H groups in total. The number of thiophene rings is 1. The van der Waals surface area contributed by atoms with Crippen molar-refractivity contribution < 1.29 is 13.9 Å². The van der Waals surface area contributed by atoms with E-state index in [9.17, 15) is 14.4 Å². The minimum absolute atomic E-state index is 0.0331. The number of rotatable bonds is 5. The molecule has 0 saturated carbocycles. The topological polar surface area (TPSA) is 109 Å². The Bertz CT molecular complexity index is 1410. The van der Waals surface area contributed by atoms with E-state index in [1.807, 2.05) is 17.5 Å². The predicted octanol–water partition coefficient (Wildman–Crippen LogP) is 2.65. The maximum Gasteiger partial charge on any atom is 0.339 e. The number of hydrogen-bond acceptors (Lipinski definition) is 8. The van der Waals surface area contributed by atoms with Crippen molar-refractivity contribution >= 4 is 28.3 Å². The molecule has 0 aromatic carbocycles. The molecular formula is C21H20N4O5S. The number of carbonyl (C=O) groups excluding carboxylic acids is 1. The molecule has 0 bridgehead atoms. The zero-order chi connectivity index (χ0) is 22.3. The van der Waals surface area contributed by atoms with Crippen LogP contribution in [0.4, 0.5) is 0 Å². The van der Waals surface area contributed by atoms with E-state index in [1.54, 1.807) is 20.8 Å². The van der Waals surface area contributed by atoms with Gasteiger partial charge in [0.2, 0.25) is 5.89 Å². The van der Waals surface area contributed by atoms with Crippen molar-refractivity contribution in [2.45, 2.75) is 27.3 Å². The van der Waals surface area contributed by atoms with E-state index >= 15 is 0 Å². The molecule has 10 heteroatoms. The zero-order valence-electron chi connectivity index (χ0n) is 17.5. The lowest BCUT2D eigenvalue weighted by Gasteiger charge is -2.12. The number of nitrogens with zero attached hydrogens (tertiary/aromatic N) is 4. The zero-order valence-corrected chi connectivity index (χ0v) is 18.3. The van der Waals surface area contributed by atoms with Gasteiger partial charge in [0.25, 0.3) is 5.56 Å². The number of pyridine rings is 1. The number of esters is 1. The van der Waals surface area contributed by atoms with Crippen molar-refractivity contribution in [3.05, 3.63) is 67.1 Å². The number of carbonyl (C=O) groups is 1. The van der Waals surface area contributed by atoms with Crippen LogP contribution in [0.25, 0.3) is 21.8 Å². The molecule has 160 valence electrons. The van der Waals surface area contributed by atoms with Crippen LogP contribution in [0.1, 0.15) is 34.4 Å². The Morgan fingerprint density at radius 2 is 2.03 bits per heavy atom. The third-order valence-corrected chi connectivity index (χ3v) is 5.71. The second kappa shape index (κ2) is 7.95. The summed E-state index contributed by atoms with van der Waals surface area (Å²) in [5.41, 5.74) is -0.0325. The maximum absolute atomic E-state index is 13.3. The number of fused-ring (bicyclic) bond motifs is 1. The molecule has 4 aromatic rings. The summed E-state index contributed by atoms with van der Waals surface area (Å²) in [5.74, 6) is 0.292. The monoisotopic (exact) mass is 440 g/mol. The minimum atomic E-state index is -0.641. The SMILES string of the molecule is CCOC(=O)c1cc(C)nc2c1c(=O)n(Cc1nc(-c3cccs3)oc1C)c(=O)n2C. The van der Waals surface area contributed by atoms with Crippen LogP contribution in [0.2, 0.25) is 0 Å². The van der Waals surface area contributed by atoms with Gasteiger partial charge in [0.05, 0.1) is 29.0 Å². The van der Waals surface area contributed by atoms with Crippen molar-refractivity contribution in [1.82, 2.24) is 19.1 Å². The highest BCUT2D eigenvalue weighted by Crippen LogP contribution is 2.26. The summed E-state index contributed by atoms with van der Waals surface area (Å²) in [7, 11) is 1.51. The van der Waals surface area contributed by atoms with Gasteiger partial charge in [0.1, 0.15) is 17.1 Å². The van der Waals surface area contributed by atoms with Gasteiger partial charge in [-0.15, -0.1) is 11.3 Å². The van der Waals surface area contributed by atoms with Crippen LogP contribution in [0, 0.1) is 13.8 Å². The van der Waals surface area contributed by atoms with Crippen LogP contribution in [0.3, 0.4) is 0 Å². The highest BCUT2D eigenvalue weighted by Gasteiger charge is 2.22. The van der Waals surface area contributed by atoms with Gasteiger partial charge < -0.3 is 9.15 Å². The van der Waals surface area contributed by atoms with Gasteiger partial charge in [-0.2, -0.15) is 0 Å². The largest absolute Gasteiger partial charge is 0.462 e. The molecule has 4 aromatic heterocycles. The summed E-state index contributed by atoms with van der Waals surface area (Å²) < 4.78 is 13.1. The Labute approximate surface area is 180 Å². The molecule has 0 fully saturated rings. The second-order valence-corrected chi connectivity index (χ2v) is 7.91. The molecule has 9 nitrogen and oxygen atoms in total. The van der Waals surface area contributed by atoms with Crippen molar-refractivity contribution in [3.8, 4) is 10.8 Å². The lowest BCUT2D eigenvalue weighted by molar-refractivity contribution is 0.0528. The first-order valence-electron chi connectivity index (χ1n) is 9.60. The summed E-state index contributed by atoms with van der Waals surface area (Å²) in [4.78, 5) is 48.5. The van der Waals surface area contributed by atoms with E-state index < -0.39 is 17.2 Å². The Hall–Kier alpha value is -3.53. The fraction of sp³-hybridized carbons (Fsp3) is 0.286. The Balaban J connectivity index is 1.91. The molecule has 0 amide bonds. The number of aromatic nitrogens is 4. The molecule has 0 radical (unpaired) electrons. The van der Waals surface area contributed by atoms with E-state index in [0.717, 1.165) is 9.44 Å². The molecule has 0 unspecified atom stereocenters. The third kappa shape index (κ3) is 3.59. The van der Waals surface area contributed by atoms with E-state index in [-0.39, 0.29) is 29.7 Å². The van der Waals surface area contributed by atoms with Gasteiger partial charge >= 0.3 is 11.7 Å². The van der Waals surface area contributed by atoms with Crippen LogP contribution < -0.4 is 11.2 Å². The second-order valence-electron chi connectivity index (χ2n) is 6.96. The van der Waals surface area contributed by atoms with Crippen molar-refractivity contribution in [3.63, 3.8) is 0 Å². The molecule has 0 saturated heterocycles. The van der Waals surface area contributed by atoms with E-state index in [0.29, 0.717) is 23.0 Å². The first-order valence-corrected chi connectivity index (χ1v) is 10.5. The van der Waals surface area contributed by atoms with Gasteiger partial charge in [-0.25, -0.2) is 19.6 Å². The normalized spacial score (nSPS) is 11.2.